The maximum atomic E-state index is 15.9. The predicted molar refractivity (Wildman–Crippen MR) is 122 cm³/mol. The summed E-state index contributed by atoms with van der Waals surface area (Å²) in [6.45, 7) is 1.40. The zero-order valence-electron chi connectivity index (χ0n) is 19.7. The fraction of sp³-hybridized carbons (Fsp3) is 0.522. The summed E-state index contributed by atoms with van der Waals surface area (Å²) in [4.78, 5) is 38.6. The van der Waals surface area contributed by atoms with E-state index in [0.29, 0.717) is 26.0 Å². The molecule has 1 saturated carbocycles. The lowest BCUT2D eigenvalue weighted by molar-refractivity contribution is -0.193. The highest BCUT2D eigenvalue weighted by Gasteiger charge is 2.51. The first-order valence-electron chi connectivity index (χ1n) is 11.6. The molecule has 1 aromatic carbocycles. The van der Waals surface area contributed by atoms with Crippen LogP contribution in [0, 0.1) is 11.7 Å². The number of carbonyl (C=O) groups is 2. The van der Waals surface area contributed by atoms with E-state index in [4.69, 9.17) is 20.9 Å². The highest BCUT2D eigenvalue weighted by atomic mass is 19.4. The lowest BCUT2D eigenvalue weighted by Crippen LogP contribution is -2.44. The summed E-state index contributed by atoms with van der Waals surface area (Å²) >= 11 is 0. The summed E-state index contributed by atoms with van der Waals surface area (Å²) < 4.78 is 70.6. The summed E-state index contributed by atoms with van der Waals surface area (Å²) in [5.41, 5.74) is 8.82. The number of halogens is 4. The van der Waals surface area contributed by atoms with Crippen LogP contribution in [0.4, 0.5) is 28.9 Å². The van der Waals surface area contributed by atoms with Crippen molar-refractivity contribution in [2.75, 3.05) is 44.0 Å². The van der Waals surface area contributed by atoms with Crippen LogP contribution in [-0.4, -0.2) is 61.6 Å². The van der Waals surface area contributed by atoms with Crippen molar-refractivity contribution < 1.29 is 41.4 Å². The first-order chi connectivity index (χ1) is 17.4. The number of esters is 2. The molecule has 14 heteroatoms. The fourth-order valence-corrected chi connectivity index (χ4v) is 5.35. The first kappa shape index (κ1) is 25.3. The number of hydrogen-bond donors (Lipinski definition) is 2. The quantitative estimate of drug-likeness (QED) is 0.258. The molecular formula is C23H24F4N4O6. The molecule has 2 saturated heterocycles. The molecule has 2 aliphatic heterocycles. The smallest absolute Gasteiger partial charge is 0.491 e. The molecule has 1 aliphatic carbocycles. The van der Waals surface area contributed by atoms with Crippen LogP contribution in [0.15, 0.2) is 11.0 Å². The van der Waals surface area contributed by atoms with Gasteiger partial charge in [0.05, 0.1) is 23.7 Å². The van der Waals surface area contributed by atoms with Crippen molar-refractivity contribution in [3.8, 4) is 5.75 Å². The summed E-state index contributed by atoms with van der Waals surface area (Å²) in [5, 5.41) is -0.455. The molecule has 10 nitrogen and oxygen atoms in total. The summed E-state index contributed by atoms with van der Waals surface area (Å²) in [6.07, 6.45) is -2.50. The maximum Gasteiger partial charge on any atom is 0.491 e. The van der Waals surface area contributed by atoms with Crippen molar-refractivity contribution >= 4 is 34.2 Å². The SMILES string of the molecule is COc1c(N2CC3CCOC3(CN)C2)c(F)c(N)c2c(=O)c(C(=O)OC(=O)C(F)(F)F)cn(C3CC3)c12. The Kier molecular flexibility index (Phi) is 5.86. The van der Waals surface area contributed by atoms with Gasteiger partial charge in [0.1, 0.15) is 16.9 Å². The van der Waals surface area contributed by atoms with Gasteiger partial charge in [-0.1, -0.05) is 0 Å². The molecule has 0 bridgehead atoms. The van der Waals surface area contributed by atoms with Gasteiger partial charge in [0.15, 0.2) is 11.6 Å². The van der Waals surface area contributed by atoms with E-state index in [2.05, 4.69) is 4.74 Å². The van der Waals surface area contributed by atoms with Crippen LogP contribution < -0.4 is 26.5 Å². The lowest BCUT2D eigenvalue weighted by Gasteiger charge is -2.29. The first-order valence-corrected chi connectivity index (χ1v) is 11.6. The number of nitrogen functional groups attached to an aromatic ring is 1. The minimum absolute atomic E-state index is 0.00491. The molecule has 37 heavy (non-hydrogen) atoms. The van der Waals surface area contributed by atoms with Gasteiger partial charge in [-0.2, -0.15) is 13.2 Å². The van der Waals surface area contributed by atoms with Gasteiger partial charge in [-0.25, -0.2) is 14.0 Å². The highest BCUT2D eigenvalue weighted by molar-refractivity contribution is 6.05. The number of anilines is 2. The zero-order chi connectivity index (χ0) is 26.9. The van der Waals surface area contributed by atoms with Crippen molar-refractivity contribution in [3.63, 3.8) is 0 Å². The molecule has 0 radical (unpaired) electrons. The Morgan fingerprint density at radius 3 is 2.54 bits per heavy atom. The van der Waals surface area contributed by atoms with Crippen LogP contribution in [0.1, 0.15) is 35.7 Å². The number of hydrogen-bond acceptors (Lipinski definition) is 9. The Labute approximate surface area is 207 Å². The molecule has 2 aromatic rings. The van der Waals surface area contributed by atoms with E-state index in [1.165, 1.54) is 11.7 Å². The van der Waals surface area contributed by atoms with Gasteiger partial charge in [-0.3, -0.25) is 4.79 Å². The number of nitrogens with two attached hydrogens (primary N) is 2. The van der Waals surface area contributed by atoms with Gasteiger partial charge in [-0.15, -0.1) is 0 Å². The summed E-state index contributed by atoms with van der Waals surface area (Å²) in [7, 11) is 1.28. The second-order valence-electron chi connectivity index (χ2n) is 9.50. The normalized spacial score (nSPS) is 23.4. The molecule has 0 amide bonds. The average Bonchev–Trinajstić information content (AvgIpc) is 3.51. The molecule has 4 N–H and O–H groups in total. The number of alkyl halides is 3. The van der Waals surface area contributed by atoms with Crippen molar-refractivity contribution in [2.24, 2.45) is 11.7 Å². The van der Waals surface area contributed by atoms with Crippen molar-refractivity contribution in [1.82, 2.24) is 4.57 Å². The van der Waals surface area contributed by atoms with Crippen LogP contribution >= 0.6 is 0 Å². The number of nitrogens with zero attached hydrogens (tertiary/aromatic N) is 2. The average molecular weight is 528 g/mol. The Balaban J connectivity index is 1.70. The van der Waals surface area contributed by atoms with Crippen LogP contribution in [0.5, 0.6) is 5.75 Å². The Morgan fingerprint density at radius 1 is 1.27 bits per heavy atom. The monoisotopic (exact) mass is 528 g/mol. The Morgan fingerprint density at radius 2 is 1.97 bits per heavy atom. The number of methoxy groups -OCH3 is 1. The second-order valence-corrected chi connectivity index (χ2v) is 9.50. The van der Waals surface area contributed by atoms with E-state index >= 15 is 4.39 Å². The van der Waals surface area contributed by atoms with Gasteiger partial charge in [-0.05, 0) is 19.3 Å². The number of benzene rings is 1. The summed E-state index contributed by atoms with van der Waals surface area (Å²) in [5.74, 6) is -5.58. The largest absolute Gasteiger partial charge is 0.492 e. The third-order valence-corrected chi connectivity index (χ3v) is 7.32. The molecule has 3 heterocycles. The molecular weight excluding hydrogens is 504 g/mol. The van der Waals surface area contributed by atoms with E-state index in [1.54, 1.807) is 4.90 Å². The maximum absolute atomic E-state index is 15.9. The third-order valence-electron chi connectivity index (χ3n) is 7.32. The van der Waals surface area contributed by atoms with Crippen LogP contribution in [0.3, 0.4) is 0 Å². The number of rotatable bonds is 5. The minimum Gasteiger partial charge on any atom is -0.492 e. The van der Waals surface area contributed by atoms with Crippen LogP contribution in [0.2, 0.25) is 0 Å². The molecule has 200 valence electrons. The number of carbonyl (C=O) groups excluding carboxylic acids is 2. The number of pyridine rings is 1. The van der Waals surface area contributed by atoms with Crippen molar-refractivity contribution in [2.45, 2.75) is 37.1 Å². The predicted octanol–water partition coefficient (Wildman–Crippen LogP) is 1.87. The molecule has 3 fully saturated rings. The zero-order valence-corrected chi connectivity index (χ0v) is 19.7. The topological polar surface area (TPSA) is 139 Å². The molecule has 2 atom stereocenters. The van der Waals surface area contributed by atoms with E-state index < -0.39 is 51.6 Å². The molecule has 1 aromatic heterocycles. The Bertz CT molecular complexity index is 1370. The molecule has 5 rings (SSSR count). The third kappa shape index (κ3) is 3.89. The number of aromatic nitrogens is 1. The fourth-order valence-electron chi connectivity index (χ4n) is 5.35. The van der Waals surface area contributed by atoms with E-state index in [-0.39, 0.29) is 42.0 Å². The van der Waals surface area contributed by atoms with Gasteiger partial charge in [0.25, 0.3) is 0 Å². The second kappa shape index (κ2) is 8.58. The van der Waals surface area contributed by atoms with Crippen LogP contribution in [0.25, 0.3) is 10.9 Å². The molecule has 3 aliphatic rings. The lowest BCUT2D eigenvalue weighted by atomic mass is 9.91. The molecule has 2 unspecified atom stereocenters. The van der Waals surface area contributed by atoms with E-state index in [1.807, 2.05) is 0 Å². The van der Waals surface area contributed by atoms with Gasteiger partial charge >= 0.3 is 18.1 Å². The van der Waals surface area contributed by atoms with Gasteiger partial charge in [0.2, 0.25) is 5.43 Å². The minimum atomic E-state index is -5.45. The molecule has 0 spiro atoms. The van der Waals surface area contributed by atoms with Crippen molar-refractivity contribution in [1.29, 1.82) is 0 Å². The number of fused-ring (bicyclic) bond motifs is 2. The van der Waals surface area contributed by atoms with Gasteiger partial charge in [0, 0.05) is 44.4 Å². The Hall–Kier alpha value is -3.39. The van der Waals surface area contributed by atoms with Gasteiger partial charge < -0.3 is 35.1 Å². The summed E-state index contributed by atoms with van der Waals surface area (Å²) in [6, 6.07) is -0.267. The van der Waals surface area contributed by atoms with Crippen LogP contribution in [-0.2, 0) is 14.3 Å². The van der Waals surface area contributed by atoms with E-state index in [9.17, 15) is 27.6 Å². The standard InChI is InChI=1S/C23H24F4N4O6/c1-35-19-16-13(15(29)14(24)17(19)30-6-10-4-5-36-22(10,8-28)9-30)18(32)12(7-31(16)11-2-3-11)20(33)37-21(34)23(25,26)27/h7,10-11H,2-6,8-9,28-29H2,1H3. The van der Waals surface area contributed by atoms with Crippen molar-refractivity contribution in [3.05, 3.63) is 27.8 Å². The highest BCUT2D eigenvalue weighted by Crippen LogP contribution is 2.49. The number of ether oxygens (including phenoxy) is 3. The van der Waals surface area contributed by atoms with E-state index in [0.717, 1.165) is 12.6 Å².